The number of amides is 1. The molecular formula is C27H29N3O6. The third-order valence-electron chi connectivity index (χ3n) is 7.33. The van der Waals surface area contributed by atoms with Crippen LogP contribution < -0.4 is 18.9 Å². The molecule has 2 fully saturated rings. The fourth-order valence-electron chi connectivity index (χ4n) is 5.04. The second-order valence-corrected chi connectivity index (χ2v) is 9.48. The molecule has 9 heteroatoms. The number of hydrogen-bond acceptors (Lipinski definition) is 8. The van der Waals surface area contributed by atoms with Gasteiger partial charge in [0, 0.05) is 44.4 Å². The van der Waals surface area contributed by atoms with Crippen molar-refractivity contribution in [1.29, 1.82) is 0 Å². The number of ether oxygens (including phenoxy) is 4. The summed E-state index contributed by atoms with van der Waals surface area (Å²) in [6.45, 7) is 4.15. The van der Waals surface area contributed by atoms with Gasteiger partial charge in [-0.2, -0.15) is 0 Å². The Kier molecular flexibility index (Phi) is 5.72. The summed E-state index contributed by atoms with van der Waals surface area (Å²) in [7, 11) is 3.20. The molecule has 0 unspecified atom stereocenters. The molecule has 1 amide bonds. The lowest BCUT2D eigenvalue weighted by atomic mass is 9.99. The summed E-state index contributed by atoms with van der Waals surface area (Å²) in [6.07, 6.45) is 1.59. The third kappa shape index (κ3) is 4.03. The Morgan fingerprint density at radius 1 is 0.944 bits per heavy atom. The quantitative estimate of drug-likeness (QED) is 0.497. The number of carbonyl (C=O) groups excluding carboxylic acids is 1. The lowest BCUT2D eigenvalue weighted by Crippen LogP contribution is -2.51. The number of fused-ring (bicyclic) bond motifs is 1. The van der Waals surface area contributed by atoms with Crippen LogP contribution in [0.1, 0.15) is 24.1 Å². The molecular weight excluding hydrogens is 462 g/mol. The van der Waals surface area contributed by atoms with Crippen molar-refractivity contribution in [2.45, 2.75) is 24.8 Å². The van der Waals surface area contributed by atoms with E-state index >= 15 is 0 Å². The predicted molar refractivity (Wildman–Crippen MR) is 130 cm³/mol. The van der Waals surface area contributed by atoms with Crippen LogP contribution in [0.4, 0.5) is 0 Å². The van der Waals surface area contributed by atoms with Crippen molar-refractivity contribution < 1.29 is 28.3 Å². The molecule has 6 rings (SSSR count). The number of nitrogens with zero attached hydrogens (tertiary/aromatic N) is 3. The van der Waals surface area contributed by atoms with Crippen molar-refractivity contribution in [3.63, 3.8) is 0 Å². The van der Waals surface area contributed by atoms with E-state index in [1.807, 2.05) is 41.3 Å². The van der Waals surface area contributed by atoms with Crippen molar-refractivity contribution >= 4 is 5.91 Å². The van der Waals surface area contributed by atoms with Crippen molar-refractivity contribution in [1.82, 2.24) is 15.0 Å². The van der Waals surface area contributed by atoms with E-state index in [2.05, 4.69) is 16.1 Å². The van der Waals surface area contributed by atoms with Crippen molar-refractivity contribution in [2.24, 2.45) is 0 Å². The topological polar surface area (TPSA) is 86.5 Å². The molecule has 0 bridgehead atoms. The maximum Gasteiger partial charge on any atom is 0.235 e. The number of methoxy groups -OCH3 is 2. The van der Waals surface area contributed by atoms with Crippen molar-refractivity contribution in [3.05, 3.63) is 53.7 Å². The Hall–Kier alpha value is -3.72. The molecule has 1 saturated heterocycles. The molecule has 188 valence electrons. The number of benzene rings is 2. The second-order valence-electron chi connectivity index (χ2n) is 9.48. The van der Waals surface area contributed by atoms with Gasteiger partial charge in [-0.25, -0.2) is 0 Å². The lowest BCUT2D eigenvalue weighted by molar-refractivity contribution is -0.136. The Morgan fingerprint density at radius 2 is 1.72 bits per heavy atom. The highest BCUT2D eigenvalue weighted by atomic mass is 16.7. The highest BCUT2D eigenvalue weighted by Gasteiger charge is 2.55. The molecule has 0 radical (unpaired) electrons. The molecule has 1 aromatic heterocycles. The van der Waals surface area contributed by atoms with Crippen LogP contribution in [0, 0.1) is 0 Å². The normalized spacial score (nSPS) is 18.2. The highest BCUT2D eigenvalue weighted by molar-refractivity contribution is 5.91. The van der Waals surface area contributed by atoms with Gasteiger partial charge >= 0.3 is 0 Å². The van der Waals surface area contributed by atoms with Gasteiger partial charge in [0.2, 0.25) is 12.7 Å². The third-order valence-corrected chi connectivity index (χ3v) is 7.33. The molecule has 2 aliphatic heterocycles. The SMILES string of the molecule is COc1ccc(-c2cc(C3(C(=O)N4CCN(Cc5ccc6c(c5)OCO6)CC4)CC3)no2)cc1OC. The van der Waals surface area contributed by atoms with Gasteiger partial charge in [0.1, 0.15) is 0 Å². The Morgan fingerprint density at radius 3 is 2.47 bits per heavy atom. The van der Waals surface area contributed by atoms with E-state index in [4.69, 9.17) is 23.5 Å². The van der Waals surface area contributed by atoms with Gasteiger partial charge in [-0.15, -0.1) is 0 Å². The van der Waals surface area contributed by atoms with E-state index in [0.717, 1.165) is 49.5 Å². The molecule has 1 saturated carbocycles. The van der Waals surface area contributed by atoms with Gasteiger partial charge in [0.15, 0.2) is 28.8 Å². The van der Waals surface area contributed by atoms with Crippen LogP contribution in [-0.2, 0) is 16.8 Å². The Bertz CT molecular complexity index is 1280. The Labute approximate surface area is 209 Å². The molecule has 36 heavy (non-hydrogen) atoms. The van der Waals surface area contributed by atoms with Crippen molar-refractivity contribution in [2.75, 3.05) is 47.2 Å². The number of hydrogen-bond donors (Lipinski definition) is 0. The lowest BCUT2D eigenvalue weighted by Gasteiger charge is -2.36. The minimum absolute atomic E-state index is 0.150. The zero-order chi connectivity index (χ0) is 24.7. The maximum atomic E-state index is 13.6. The molecule has 2 aromatic carbocycles. The molecule has 0 atom stereocenters. The van der Waals surface area contributed by atoms with Crippen LogP contribution in [0.3, 0.4) is 0 Å². The summed E-state index contributed by atoms with van der Waals surface area (Å²) in [6, 6.07) is 13.5. The summed E-state index contributed by atoms with van der Waals surface area (Å²) in [5.41, 5.74) is 2.15. The molecule has 1 aliphatic carbocycles. The van der Waals surface area contributed by atoms with Gasteiger partial charge in [-0.1, -0.05) is 11.2 Å². The minimum atomic E-state index is -0.572. The average molecular weight is 492 g/mol. The van der Waals surface area contributed by atoms with Gasteiger partial charge in [0.05, 0.1) is 25.3 Å². The summed E-state index contributed by atoms with van der Waals surface area (Å²) < 4.78 is 27.3. The molecule has 9 nitrogen and oxygen atoms in total. The summed E-state index contributed by atoms with van der Waals surface area (Å²) >= 11 is 0. The largest absolute Gasteiger partial charge is 0.493 e. The number of carbonyl (C=O) groups is 1. The van der Waals surface area contributed by atoms with E-state index < -0.39 is 5.41 Å². The zero-order valence-electron chi connectivity index (χ0n) is 20.5. The molecule has 3 aliphatic rings. The first-order chi connectivity index (χ1) is 17.6. The smallest absolute Gasteiger partial charge is 0.235 e. The first-order valence-electron chi connectivity index (χ1n) is 12.2. The van der Waals surface area contributed by atoms with Crippen LogP contribution in [0.25, 0.3) is 11.3 Å². The predicted octanol–water partition coefficient (Wildman–Crippen LogP) is 3.46. The maximum absolute atomic E-state index is 13.6. The van der Waals surface area contributed by atoms with E-state index in [0.29, 0.717) is 36.0 Å². The number of piperazine rings is 1. The van der Waals surface area contributed by atoms with Crippen LogP contribution in [0.15, 0.2) is 47.0 Å². The van der Waals surface area contributed by atoms with Gasteiger partial charge < -0.3 is 28.4 Å². The molecule has 0 N–H and O–H groups in total. The van der Waals surface area contributed by atoms with Crippen LogP contribution in [0.2, 0.25) is 0 Å². The van der Waals surface area contributed by atoms with Gasteiger partial charge in [-0.3, -0.25) is 9.69 Å². The monoisotopic (exact) mass is 491 g/mol. The second kappa shape index (κ2) is 9.05. The molecule has 3 heterocycles. The number of rotatable bonds is 7. The Balaban J connectivity index is 1.10. The van der Waals surface area contributed by atoms with E-state index in [1.54, 1.807) is 14.2 Å². The highest BCUT2D eigenvalue weighted by Crippen LogP contribution is 2.50. The first-order valence-corrected chi connectivity index (χ1v) is 12.2. The van der Waals surface area contributed by atoms with E-state index in [1.165, 1.54) is 5.56 Å². The summed E-state index contributed by atoms with van der Waals surface area (Å²) in [5, 5.41) is 4.31. The van der Waals surface area contributed by atoms with Crippen LogP contribution >= 0.6 is 0 Å². The zero-order valence-corrected chi connectivity index (χ0v) is 20.5. The fourth-order valence-corrected chi connectivity index (χ4v) is 5.04. The number of aromatic nitrogens is 1. The first kappa shape index (κ1) is 22.7. The fraction of sp³-hybridized carbons (Fsp3) is 0.407. The van der Waals surface area contributed by atoms with E-state index in [9.17, 15) is 4.79 Å². The van der Waals surface area contributed by atoms with Crippen LogP contribution in [0.5, 0.6) is 23.0 Å². The minimum Gasteiger partial charge on any atom is -0.493 e. The van der Waals surface area contributed by atoms with Gasteiger partial charge in [-0.05, 0) is 48.7 Å². The summed E-state index contributed by atoms with van der Waals surface area (Å²) in [4.78, 5) is 17.9. The molecule has 3 aromatic rings. The molecule has 0 spiro atoms. The summed E-state index contributed by atoms with van der Waals surface area (Å²) in [5.74, 6) is 3.62. The van der Waals surface area contributed by atoms with Gasteiger partial charge in [0.25, 0.3) is 0 Å². The average Bonchev–Trinajstić information content (AvgIpc) is 3.33. The van der Waals surface area contributed by atoms with E-state index in [-0.39, 0.29) is 12.7 Å². The van der Waals surface area contributed by atoms with Crippen LogP contribution in [-0.4, -0.2) is 68.1 Å². The van der Waals surface area contributed by atoms with Crippen molar-refractivity contribution in [3.8, 4) is 34.3 Å². The standard InChI is InChI=1S/C27H29N3O6/c1-32-20-6-4-19(14-23(20)33-2)22-15-25(28-36-22)27(7-8-27)26(31)30-11-9-29(10-12-30)16-18-3-5-21-24(13-18)35-17-34-21/h3-6,13-15H,7-12,16-17H2,1-2H3.